The fourth-order valence-electron chi connectivity index (χ4n) is 6.22. The van der Waals surface area contributed by atoms with Gasteiger partial charge in [-0.1, -0.05) is 62.5 Å². The number of hydrogen-bond donors (Lipinski definition) is 2. The molecule has 3 unspecified atom stereocenters. The third-order valence-corrected chi connectivity index (χ3v) is 7.97. The summed E-state index contributed by atoms with van der Waals surface area (Å²) in [6.07, 6.45) is 4.07. The second kappa shape index (κ2) is 12.1. The van der Waals surface area contributed by atoms with Gasteiger partial charge in [-0.05, 0) is 73.4 Å². The maximum absolute atomic E-state index is 14.3. The van der Waals surface area contributed by atoms with Crippen LogP contribution in [-0.4, -0.2) is 45.7 Å². The Kier molecular flexibility index (Phi) is 9.02. The van der Waals surface area contributed by atoms with E-state index in [0.29, 0.717) is 38.7 Å². The predicted molar refractivity (Wildman–Crippen MR) is 153 cm³/mol. The summed E-state index contributed by atoms with van der Waals surface area (Å²) in [5.74, 6) is -0.640. The van der Waals surface area contributed by atoms with Crippen LogP contribution in [-0.2, 0) is 9.59 Å². The lowest BCUT2D eigenvalue weighted by Crippen LogP contribution is -2.52. The Bertz CT molecular complexity index is 1250. The molecule has 2 aromatic rings. The van der Waals surface area contributed by atoms with Crippen molar-refractivity contribution in [1.29, 1.82) is 0 Å². The van der Waals surface area contributed by atoms with E-state index in [1.807, 2.05) is 17.0 Å². The number of carboxylic acid groups (broad SMARTS) is 1. The van der Waals surface area contributed by atoms with Crippen LogP contribution in [0.3, 0.4) is 0 Å². The van der Waals surface area contributed by atoms with Gasteiger partial charge in [0, 0.05) is 27.7 Å². The number of aliphatic carboxylic acids is 1. The summed E-state index contributed by atoms with van der Waals surface area (Å²) in [6, 6.07) is 12.1. The van der Waals surface area contributed by atoms with Crippen molar-refractivity contribution >= 4 is 46.7 Å². The molecule has 1 saturated carbocycles. The number of aliphatic imine (C=N–C) groups is 1. The second-order valence-corrected chi connectivity index (χ2v) is 11.8. The van der Waals surface area contributed by atoms with Crippen LogP contribution in [0.2, 0.25) is 10.0 Å². The van der Waals surface area contributed by atoms with E-state index in [9.17, 15) is 14.4 Å². The molecule has 4 rings (SSSR count). The van der Waals surface area contributed by atoms with Gasteiger partial charge in [0.2, 0.25) is 0 Å². The van der Waals surface area contributed by atoms with E-state index >= 15 is 0 Å². The number of carbonyl (C=O) groups excluding carboxylic acids is 2. The Morgan fingerprint density at radius 3 is 2.28 bits per heavy atom. The average molecular weight is 573 g/mol. The van der Waals surface area contributed by atoms with Crippen molar-refractivity contribution in [3.05, 3.63) is 69.2 Å². The van der Waals surface area contributed by atoms with Crippen molar-refractivity contribution in [3.8, 4) is 0 Å². The standard InChI is InChI=1S/C30H35Cl2N3O4/c1-4-5-25(20-6-8-21(9-7-20)28(38)33-11-10-26(36)37)35-29(39)27(22-13-23(31)15-24(32)14-22)34-30(35)16-18(2)12-19(3)17-30/h6-9,13-15,18-19,25H,4-5,10-12,16-17H2,1-3H3,(H,33,38)(H,36,37). The van der Waals surface area contributed by atoms with Crippen LogP contribution in [0.1, 0.15) is 86.8 Å². The first-order chi connectivity index (χ1) is 18.5. The lowest BCUT2D eigenvalue weighted by atomic mass is 9.75. The monoisotopic (exact) mass is 571 g/mol. The molecule has 0 saturated heterocycles. The summed E-state index contributed by atoms with van der Waals surface area (Å²) in [4.78, 5) is 44.7. The lowest BCUT2D eigenvalue weighted by molar-refractivity contribution is -0.137. The van der Waals surface area contributed by atoms with E-state index in [1.54, 1.807) is 30.3 Å². The molecular formula is C30H35Cl2N3O4. The molecule has 1 aliphatic heterocycles. The van der Waals surface area contributed by atoms with E-state index < -0.39 is 11.6 Å². The van der Waals surface area contributed by atoms with E-state index in [-0.39, 0.29) is 30.8 Å². The molecule has 1 fully saturated rings. The molecule has 3 atom stereocenters. The van der Waals surface area contributed by atoms with Crippen molar-refractivity contribution in [2.45, 2.75) is 71.0 Å². The molecule has 9 heteroatoms. The summed E-state index contributed by atoms with van der Waals surface area (Å²) in [5.41, 5.74) is 1.70. The maximum atomic E-state index is 14.3. The molecule has 2 aromatic carbocycles. The second-order valence-electron chi connectivity index (χ2n) is 11.0. The molecule has 39 heavy (non-hydrogen) atoms. The predicted octanol–water partition coefficient (Wildman–Crippen LogP) is 6.52. The van der Waals surface area contributed by atoms with Crippen LogP contribution in [0.5, 0.6) is 0 Å². The number of nitrogens with zero attached hydrogens (tertiary/aromatic N) is 2. The van der Waals surface area contributed by atoms with Crippen LogP contribution in [0, 0.1) is 11.8 Å². The molecule has 2 aliphatic rings. The number of halogens is 2. The van der Waals surface area contributed by atoms with Crippen molar-refractivity contribution in [2.75, 3.05) is 6.54 Å². The van der Waals surface area contributed by atoms with E-state index in [4.69, 9.17) is 33.3 Å². The normalized spacial score (nSPS) is 23.6. The SMILES string of the molecule is CCCC(c1ccc(C(=O)NCCC(=O)O)cc1)N1C(=O)C(c2cc(Cl)cc(Cl)c2)=NC12CC(C)CC(C)C2. The molecule has 0 aromatic heterocycles. The van der Waals surface area contributed by atoms with E-state index in [2.05, 4.69) is 26.1 Å². The van der Waals surface area contributed by atoms with Crippen LogP contribution < -0.4 is 5.32 Å². The highest BCUT2D eigenvalue weighted by Crippen LogP contribution is 2.48. The number of amides is 2. The van der Waals surface area contributed by atoms with Gasteiger partial charge in [0.1, 0.15) is 11.4 Å². The third-order valence-electron chi connectivity index (χ3n) is 7.54. The Morgan fingerprint density at radius 1 is 1.10 bits per heavy atom. The molecule has 1 spiro atoms. The summed E-state index contributed by atoms with van der Waals surface area (Å²) in [5, 5.41) is 12.4. The topological polar surface area (TPSA) is 99.1 Å². The third kappa shape index (κ3) is 6.47. The molecule has 7 nitrogen and oxygen atoms in total. The molecule has 1 heterocycles. The smallest absolute Gasteiger partial charge is 0.305 e. The zero-order valence-corrected chi connectivity index (χ0v) is 24.1. The van der Waals surface area contributed by atoms with Gasteiger partial charge in [-0.25, -0.2) is 0 Å². The highest BCUT2D eigenvalue weighted by Gasteiger charge is 2.53. The summed E-state index contributed by atoms with van der Waals surface area (Å²) in [7, 11) is 0. The Labute approximate surface area is 239 Å². The molecule has 0 bridgehead atoms. The van der Waals surface area contributed by atoms with Crippen molar-refractivity contribution in [2.24, 2.45) is 16.8 Å². The Morgan fingerprint density at radius 2 is 1.72 bits per heavy atom. The molecule has 0 radical (unpaired) electrons. The van der Waals surface area contributed by atoms with Gasteiger partial charge in [-0.2, -0.15) is 0 Å². The minimum atomic E-state index is -0.967. The van der Waals surface area contributed by atoms with Gasteiger partial charge in [-0.15, -0.1) is 0 Å². The molecule has 2 N–H and O–H groups in total. The molecule has 1 aliphatic carbocycles. The Hall–Kier alpha value is -2.90. The van der Waals surface area contributed by atoms with Crippen molar-refractivity contribution in [3.63, 3.8) is 0 Å². The number of carbonyl (C=O) groups is 3. The molecular weight excluding hydrogens is 537 g/mol. The van der Waals surface area contributed by atoms with E-state index in [0.717, 1.165) is 37.7 Å². The van der Waals surface area contributed by atoms with Crippen molar-refractivity contribution < 1.29 is 19.5 Å². The van der Waals surface area contributed by atoms with Gasteiger partial charge in [-0.3, -0.25) is 19.4 Å². The van der Waals surface area contributed by atoms with Crippen LogP contribution in [0.4, 0.5) is 0 Å². The number of hydrogen-bond acceptors (Lipinski definition) is 4. The summed E-state index contributed by atoms with van der Waals surface area (Å²) < 4.78 is 0. The molecule has 208 valence electrons. The number of rotatable bonds is 9. The number of benzene rings is 2. The zero-order chi connectivity index (χ0) is 28.3. The largest absolute Gasteiger partial charge is 0.481 e. The first kappa shape index (κ1) is 29.1. The number of nitrogens with one attached hydrogen (secondary N) is 1. The fraction of sp³-hybridized carbons (Fsp3) is 0.467. The average Bonchev–Trinajstić information content (AvgIpc) is 3.11. The first-order valence-corrected chi connectivity index (χ1v) is 14.3. The minimum Gasteiger partial charge on any atom is -0.481 e. The summed E-state index contributed by atoms with van der Waals surface area (Å²) >= 11 is 12.6. The highest BCUT2D eigenvalue weighted by atomic mass is 35.5. The lowest BCUT2D eigenvalue weighted by Gasteiger charge is -2.47. The van der Waals surface area contributed by atoms with Crippen LogP contribution >= 0.6 is 23.2 Å². The van der Waals surface area contributed by atoms with Gasteiger partial charge in [0.15, 0.2) is 0 Å². The zero-order valence-electron chi connectivity index (χ0n) is 22.5. The van der Waals surface area contributed by atoms with E-state index in [1.165, 1.54) is 0 Å². The quantitative estimate of drug-likeness (QED) is 0.357. The maximum Gasteiger partial charge on any atom is 0.305 e. The van der Waals surface area contributed by atoms with Crippen LogP contribution in [0.15, 0.2) is 47.5 Å². The molecule has 2 amide bonds. The first-order valence-electron chi connectivity index (χ1n) is 13.5. The number of carboxylic acids is 1. The van der Waals surface area contributed by atoms with Gasteiger partial charge in [0.05, 0.1) is 12.5 Å². The van der Waals surface area contributed by atoms with Gasteiger partial charge < -0.3 is 15.3 Å². The minimum absolute atomic E-state index is 0.0587. The van der Waals surface area contributed by atoms with Crippen LogP contribution in [0.25, 0.3) is 0 Å². The highest BCUT2D eigenvalue weighted by molar-refractivity contribution is 6.47. The van der Waals surface area contributed by atoms with Gasteiger partial charge in [0.25, 0.3) is 11.8 Å². The Balaban J connectivity index is 1.71. The summed E-state index contributed by atoms with van der Waals surface area (Å²) in [6.45, 7) is 6.59. The fourth-order valence-corrected chi connectivity index (χ4v) is 6.75. The van der Waals surface area contributed by atoms with Crippen molar-refractivity contribution in [1.82, 2.24) is 10.2 Å². The van der Waals surface area contributed by atoms with Gasteiger partial charge >= 0.3 is 5.97 Å².